The number of sulfonamides is 1. The Balaban J connectivity index is 1.75. The van der Waals surface area contributed by atoms with Crippen molar-refractivity contribution in [1.82, 2.24) is 14.5 Å². The van der Waals surface area contributed by atoms with Crippen LogP contribution in [-0.4, -0.2) is 42.1 Å². The number of aromatic nitrogens is 3. The second kappa shape index (κ2) is 11.2. The molecule has 4 aromatic rings. The number of hydrogen-bond donors (Lipinski definition) is 0. The third-order valence-electron chi connectivity index (χ3n) is 5.42. The number of carbonyl (C=O) groups excluding carboxylic acids is 1. The quantitative estimate of drug-likeness (QED) is 0.206. The van der Waals surface area contributed by atoms with Gasteiger partial charge in [0.25, 0.3) is 10.0 Å². The first kappa shape index (κ1) is 26.4. The van der Waals surface area contributed by atoms with Gasteiger partial charge in [0.2, 0.25) is 0 Å². The van der Waals surface area contributed by atoms with Crippen LogP contribution in [0.25, 0.3) is 16.7 Å². The van der Waals surface area contributed by atoms with Crippen LogP contribution < -0.4 is 4.31 Å². The lowest BCUT2D eigenvalue weighted by molar-refractivity contribution is -0.141. The third-order valence-corrected chi connectivity index (χ3v) is 7.61. The first-order valence-electron chi connectivity index (χ1n) is 11.2. The van der Waals surface area contributed by atoms with Crippen LogP contribution in [0, 0.1) is 11.3 Å². The van der Waals surface area contributed by atoms with E-state index in [1.54, 1.807) is 35.0 Å². The number of nitriles is 1. The maximum atomic E-state index is 13.7. The lowest BCUT2D eigenvalue weighted by Gasteiger charge is -2.24. The molecular weight excluding hydrogens is 537 g/mol. The molecule has 0 saturated heterocycles. The summed E-state index contributed by atoms with van der Waals surface area (Å²) in [6, 6.07) is 12.6. The zero-order valence-electron chi connectivity index (χ0n) is 19.6. The van der Waals surface area contributed by atoms with Gasteiger partial charge in [0.15, 0.2) is 11.5 Å². The van der Waals surface area contributed by atoms with Gasteiger partial charge in [-0.1, -0.05) is 36.5 Å². The number of fused-ring (bicyclic) bond motifs is 1. The highest BCUT2D eigenvalue weighted by Gasteiger charge is 2.29. The van der Waals surface area contributed by atoms with E-state index < -0.39 is 22.5 Å². The number of esters is 1. The van der Waals surface area contributed by atoms with Crippen LogP contribution >= 0.6 is 23.2 Å². The van der Waals surface area contributed by atoms with E-state index in [0.717, 1.165) is 16.2 Å². The Kier molecular flexibility index (Phi) is 7.97. The summed E-state index contributed by atoms with van der Waals surface area (Å²) in [6.07, 6.45) is 6.08. The predicted octanol–water partition coefficient (Wildman–Crippen LogP) is 5.14. The van der Waals surface area contributed by atoms with Gasteiger partial charge in [-0.3, -0.25) is 13.7 Å². The molecule has 2 aromatic carbocycles. The van der Waals surface area contributed by atoms with E-state index in [1.807, 2.05) is 13.0 Å². The summed E-state index contributed by atoms with van der Waals surface area (Å²) in [5, 5.41) is 9.93. The van der Waals surface area contributed by atoms with Gasteiger partial charge >= 0.3 is 5.97 Å². The SMILES string of the molecule is CCCCOC(=O)CN(c1ccc2c(ccn2-c2cnc(C#N)cn2)c1)S(=O)(=O)c1cc(Cl)cc(Cl)c1. The minimum absolute atomic E-state index is 0.146. The molecule has 0 spiro atoms. The zero-order chi connectivity index (χ0) is 26.6. The highest BCUT2D eigenvalue weighted by molar-refractivity contribution is 7.92. The third kappa shape index (κ3) is 5.85. The molecule has 2 heterocycles. The molecule has 0 atom stereocenters. The summed E-state index contributed by atoms with van der Waals surface area (Å²) in [5.74, 6) is -0.199. The second-order valence-corrected chi connectivity index (χ2v) is 10.7. The number of nitrogens with zero attached hydrogens (tertiary/aromatic N) is 5. The molecule has 12 heteroatoms. The Morgan fingerprint density at radius 2 is 1.86 bits per heavy atom. The fourth-order valence-electron chi connectivity index (χ4n) is 3.60. The van der Waals surface area contributed by atoms with Crippen molar-refractivity contribution in [3.63, 3.8) is 0 Å². The van der Waals surface area contributed by atoms with Gasteiger partial charge in [-0.15, -0.1) is 0 Å². The lowest BCUT2D eigenvalue weighted by Crippen LogP contribution is -2.36. The van der Waals surface area contributed by atoms with Crippen molar-refractivity contribution < 1.29 is 17.9 Å². The predicted molar refractivity (Wildman–Crippen MR) is 140 cm³/mol. The highest BCUT2D eigenvalue weighted by atomic mass is 35.5. The first-order valence-corrected chi connectivity index (χ1v) is 13.4. The minimum Gasteiger partial charge on any atom is -0.464 e. The fraction of sp³-hybridized carbons (Fsp3) is 0.200. The van der Waals surface area contributed by atoms with Crippen LogP contribution in [0.4, 0.5) is 5.69 Å². The van der Waals surface area contributed by atoms with Gasteiger partial charge in [-0.05, 0) is 48.9 Å². The molecule has 0 aliphatic rings. The monoisotopic (exact) mass is 557 g/mol. The largest absolute Gasteiger partial charge is 0.464 e. The molecule has 2 aromatic heterocycles. The van der Waals surface area contributed by atoms with Gasteiger partial charge in [-0.25, -0.2) is 18.4 Å². The van der Waals surface area contributed by atoms with Gasteiger partial charge in [0, 0.05) is 21.6 Å². The molecule has 190 valence electrons. The molecule has 0 N–H and O–H groups in total. The van der Waals surface area contributed by atoms with Crippen molar-refractivity contribution in [3.05, 3.63) is 76.8 Å². The first-order chi connectivity index (χ1) is 17.7. The number of rotatable bonds is 9. The number of unbranched alkanes of at least 4 members (excludes halogenated alkanes) is 1. The van der Waals surface area contributed by atoms with E-state index in [4.69, 9.17) is 33.2 Å². The number of benzene rings is 2. The Morgan fingerprint density at radius 1 is 1.11 bits per heavy atom. The van der Waals surface area contributed by atoms with Gasteiger partial charge in [0.1, 0.15) is 12.6 Å². The molecule has 0 unspecified atom stereocenters. The van der Waals surface area contributed by atoms with E-state index in [-0.39, 0.29) is 32.9 Å². The minimum atomic E-state index is -4.24. The average molecular weight is 558 g/mol. The maximum Gasteiger partial charge on any atom is 0.326 e. The average Bonchev–Trinajstić information content (AvgIpc) is 3.30. The molecular formula is C25H21Cl2N5O4S. The summed E-state index contributed by atoms with van der Waals surface area (Å²) in [5.41, 5.74) is 1.16. The Hall–Kier alpha value is -3.65. The fourth-order valence-corrected chi connectivity index (χ4v) is 5.73. The van der Waals surface area contributed by atoms with Crippen LogP contribution in [0.1, 0.15) is 25.5 Å². The van der Waals surface area contributed by atoms with E-state index >= 15 is 0 Å². The summed E-state index contributed by atoms with van der Waals surface area (Å²) < 4.78 is 35.3. The van der Waals surface area contributed by atoms with Crippen molar-refractivity contribution in [2.24, 2.45) is 0 Å². The summed E-state index contributed by atoms with van der Waals surface area (Å²) in [4.78, 5) is 20.7. The van der Waals surface area contributed by atoms with Crippen LogP contribution in [0.15, 0.2) is 66.0 Å². The number of halogens is 2. The molecule has 0 aliphatic carbocycles. The molecule has 37 heavy (non-hydrogen) atoms. The number of hydrogen-bond acceptors (Lipinski definition) is 7. The number of ether oxygens (including phenoxy) is 1. The smallest absolute Gasteiger partial charge is 0.326 e. The van der Waals surface area contributed by atoms with Crippen molar-refractivity contribution in [3.8, 4) is 11.9 Å². The normalized spacial score (nSPS) is 11.3. The highest BCUT2D eigenvalue weighted by Crippen LogP contribution is 2.31. The van der Waals surface area contributed by atoms with Crippen molar-refractivity contribution >= 4 is 55.8 Å². The molecule has 0 fully saturated rings. The van der Waals surface area contributed by atoms with E-state index in [2.05, 4.69) is 9.97 Å². The number of anilines is 1. The number of carbonyl (C=O) groups is 1. The standard InChI is InChI=1S/C25H21Cl2N5O4S/c1-2-3-8-36-25(33)16-32(37(34,35)22-11-18(26)10-19(27)12-22)21-4-5-23-17(9-21)6-7-31(23)24-15-29-20(13-28)14-30-24/h4-7,9-12,14-15H,2-3,8,16H2,1H3. The van der Waals surface area contributed by atoms with Crippen LogP contribution in [0.3, 0.4) is 0 Å². The van der Waals surface area contributed by atoms with Gasteiger partial charge < -0.3 is 4.74 Å². The van der Waals surface area contributed by atoms with E-state index in [9.17, 15) is 13.2 Å². The Labute approximate surface area is 223 Å². The summed E-state index contributed by atoms with van der Waals surface area (Å²) in [6.45, 7) is 1.61. The Morgan fingerprint density at radius 3 is 2.51 bits per heavy atom. The van der Waals surface area contributed by atoms with Gasteiger partial charge in [0.05, 0.1) is 35.1 Å². The van der Waals surface area contributed by atoms with Crippen molar-refractivity contribution in [2.75, 3.05) is 17.5 Å². The van der Waals surface area contributed by atoms with Gasteiger partial charge in [-0.2, -0.15) is 5.26 Å². The lowest BCUT2D eigenvalue weighted by atomic mass is 10.2. The molecule has 0 amide bonds. The molecule has 0 saturated carbocycles. The topological polar surface area (TPSA) is 118 Å². The Bertz CT molecular complexity index is 1580. The summed E-state index contributed by atoms with van der Waals surface area (Å²) >= 11 is 12.1. The second-order valence-electron chi connectivity index (χ2n) is 7.99. The van der Waals surface area contributed by atoms with Crippen LogP contribution in [0.5, 0.6) is 0 Å². The molecule has 0 aliphatic heterocycles. The molecule has 0 bridgehead atoms. The molecule has 0 radical (unpaired) electrons. The van der Waals surface area contributed by atoms with Crippen LogP contribution in [-0.2, 0) is 19.6 Å². The van der Waals surface area contributed by atoms with E-state index in [1.165, 1.54) is 30.6 Å². The summed E-state index contributed by atoms with van der Waals surface area (Å²) in [7, 11) is -4.24. The zero-order valence-corrected chi connectivity index (χ0v) is 22.0. The van der Waals surface area contributed by atoms with E-state index in [0.29, 0.717) is 17.6 Å². The maximum absolute atomic E-state index is 13.7. The molecule has 4 rings (SSSR count). The van der Waals surface area contributed by atoms with Crippen LogP contribution in [0.2, 0.25) is 10.0 Å². The van der Waals surface area contributed by atoms with Crippen molar-refractivity contribution in [1.29, 1.82) is 5.26 Å². The molecule has 9 nitrogen and oxygen atoms in total. The van der Waals surface area contributed by atoms with Crippen molar-refractivity contribution in [2.45, 2.75) is 24.7 Å².